The number of fused-ring (bicyclic) bond motifs is 2. The number of rotatable bonds is 0. The van der Waals surface area contributed by atoms with Crippen molar-refractivity contribution in [2.75, 3.05) is 0 Å². The van der Waals surface area contributed by atoms with Gasteiger partial charge in [0.25, 0.3) is 0 Å². The van der Waals surface area contributed by atoms with E-state index in [2.05, 4.69) is 17.5 Å². The third kappa shape index (κ3) is 1.60. The smallest absolute Gasteiger partial charge is 0.246 e. The van der Waals surface area contributed by atoms with Gasteiger partial charge in [0.05, 0.1) is 12.1 Å². The highest BCUT2D eigenvalue weighted by Gasteiger charge is 2.72. The fourth-order valence-corrected chi connectivity index (χ4v) is 5.82. The van der Waals surface area contributed by atoms with Gasteiger partial charge in [-0.05, 0) is 30.3 Å². The number of ketones is 1. The van der Waals surface area contributed by atoms with Crippen molar-refractivity contribution in [3.63, 3.8) is 0 Å². The Morgan fingerprint density at radius 1 is 1.16 bits per heavy atom. The third-order valence-electron chi connectivity index (χ3n) is 6.72. The maximum absolute atomic E-state index is 13.0. The van der Waals surface area contributed by atoms with E-state index < -0.39 is 28.6 Å². The van der Waals surface area contributed by atoms with Crippen LogP contribution in [0.5, 0.6) is 0 Å². The van der Waals surface area contributed by atoms with Crippen molar-refractivity contribution in [2.24, 2.45) is 28.1 Å². The molecule has 1 heterocycles. The Morgan fingerprint density at radius 3 is 2.52 bits per heavy atom. The van der Waals surface area contributed by atoms with Gasteiger partial charge >= 0.3 is 0 Å². The number of Topliss-reactive ketones (excluding diaryl/α,β-unsaturated/α-hetero) is 1. The van der Waals surface area contributed by atoms with Crippen LogP contribution in [0.15, 0.2) is 11.1 Å². The van der Waals surface area contributed by atoms with Gasteiger partial charge in [-0.15, -0.1) is 0 Å². The van der Waals surface area contributed by atoms with Gasteiger partial charge < -0.3 is 5.32 Å². The first-order valence-corrected chi connectivity index (χ1v) is 8.74. The van der Waals surface area contributed by atoms with Gasteiger partial charge in [0.2, 0.25) is 5.91 Å². The molecule has 4 rings (SSSR count). The van der Waals surface area contributed by atoms with Crippen LogP contribution in [0.4, 0.5) is 0 Å². The molecule has 1 saturated carbocycles. The maximum Gasteiger partial charge on any atom is 0.246 e. The minimum Gasteiger partial charge on any atom is -0.312 e. The Kier molecular flexibility index (Phi) is 2.93. The zero-order valence-corrected chi connectivity index (χ0v) is 14.4. The first-order valence-electron chi connectivity index (χ1n) is 8.74. The van der Waals surface area contributed by atoms with Gasteiger partial charge in [0, 0.05) is 23.8 Å². The van der Waals surface area contributed by atoms with Gasteiger partial charge in [-0.2, -0.15) is 10.5 Å². The summed E-state index contributed by atoms with van der Waals surface area (Å²) < 4.78 is 0. The molecule has 2 N–H and O–H groups in total. The van der Waals surface area contributed by atoms with Crippen LogP contribution in [0.25, 0.3) is 0 Å². The number of amidine groups is 1. The van der Waals surface area contributed by atoms with Crippen molar-refractivity contribution in [1.82, 2.24) is 5.32 Å². The summed E-state index contributed by atoms with van der Waals surface area (Å²) in [5.41, 5.74) is -1.85. The monoisotopic (exact) mass is 336 g/mol. The fraction of sp³-hybridized carbons (Fsp3) is 0.632. The Bertz CT molecular complexity index is 856. The predicted molar refractivity (Wildman–Crippen MR) is 87.8 cm³/mol. The van der Waals surface area contributed by atoms with Gasteiger partial charge in [-0.1, -0.05) is 20.3 Å². The summed E-state index contributed by atoms with van der Waals surface area (Å²) in [6.45, 7) is 3.99. The average molecular weight is 336 g/mol. The Morgan fingerprint density at radius 2 is 1.88 bits per heavy atom. The molecule has 1 amide bonds. The molecule has 0 aromatic rings. The molecule has 2 fully saturated rings. The van der Waals surface area contributed by atoms with Crippen molar-refractivity contribution in [3.8, 4) is 12.1 Å². The summed E-state index contributed by atoms with van der Waals surface area (Å²) in [6.07, 6.45) is 2.83. The number of allylic oxidation sites excluding steroid dienone is 1. The van der Waals surface area contributed by atoms with E-state index >= 15 is 0 Å². The van der Waals surface area contributed by atoms with E-state index in [-0.39, 0.29) is 17.0 Å². The molecule has 0 spiro atoms. The molecular weight excluding hydrogens is 316 g/mol. The zero-order chi connectivity index (χ0) is 18.2. The average Bonchev–Trinajstić information content (AvgIpc) is 2.53. The molecule has 0 aromatic heterocycles. The van der Waals surface area contributed by atoms with E-state index in [0.717, 1.165) is 6.42 Å². The Balaban J connectivity index is 2.12. The van der Waals surface area contributed by atoms with Gasteiger partial charge in [0.1, 0.15) is 16.7 Å². The summed E-state index contributed by atoms with van der Waals surface area (Å²) in [4.78, 5) is 25.9. The lowest BCUT2D eigenvalue weighted by Crippen LogP contribution is -2.70. The van der Waals surface area contributed by atoms with Crippen LogP contribution < -0.4 is 5.32 Å². The zero-order valence-electron chi connectivity index (χ0n) is 14.4. The molecule has 4 bridgehead atoms. The second kappa shape index (κ2) is 4.58. The van der Waals surface area contributed by atoms with Gasteiger partial charge in [-0.25, -0.2) is 0 Å². The fourth-order valence-electron chi connectivity index (χ4n) is 5.82. The molecule has 4 aliphatic rings. The molecule has 0 radical (unpaired) electrons. The quantitative estimate of drug-likeness (QED) is 0.705. The molecule has 1 aliphatic heterocycles. The van der Waals surface area contributed by atoms with Crippen LogP contribution in [0.3, 0.4) is 0 Å². The van der Waals surface area contributed by atoms with E-state index in [1.807, 2.05) is 13.8 Å². The molecule has 25 heavy (non-hydrogen) atoms. The number of nitrogens with zero attached hydrogens (tertiary/aromatic N) is 2. The lowest BCUT2D eigenvalue weighted by atomic mass is 9.41. The van der Waals surface area contributed by atoms with Crippen molar-refractivity contribution in [1.29, 1.82) is 15.9 Å². The van der Waals surface area contributed by atoms with Crippen molar-refractivity contribution >= 4 is 17.5 Å². The first-order chi connectivity index (χ1) is 11.7. The summed E-state index contributed by atoms with van der Waals surface area (Å²) in [6, 6.07) is 4.50. The van der Waals surface area contributed by atoms with E-state index in [9.17, 15) is 20.1 Å². The SMILES string of the molecule is CC1(C)CC(=O)C2=C(C1)[C@]1(C#N)C(=N)NC(=O)[C@@]3(C#N)[C@@H]1CCC[C@@H]23. The topological polar surface area (TPSA) is 118 Å². The molecule has 4 atom stereocenters. The third-order valence-corrected chi connectivity index (χ3v) is 6.72. The Labute approximate surface area is 146 Å². The van der Waals surface area contributed by atoms with Crippen LogP contribution in [0.1, 0.15) is 46.0 Å². The highest BCUT2D eigenvalue weighted by molar-refractivity contribution is 6.13. The maximum atomic E-state index is 13.0. The van der Waals surface area contributed by atoms with Crippen LogP contribution in [-0.4, -0.2) is 17.5 Å². The predicted octanol–water partition coefficient (Wildman–Crippen LogP) is 2.23. The van der Waals surface area contributed by atoms with E-state index in [0.29, 0.717) is 36.8 Å². The van der Waals surface area contributed by atoms with E-state index in [1.54, 1.807) is 0 Å². The van der Waals surface area contributed by atoms with Crippen molar-refractivity contribution < 1.29 is 9.59 Å². The highest BCUT2D eigenvalue weighted by atomic mass is 16.2. The van der Waals surface area contributed by atoms with Crippen LogP contribution >= 0.6 is 0 Å². The summed E-state index contributed by atoms with van der Waals surface area (Å²) in [5.74, 6) is -1.72. The number of nitriles is 2. The number of hydrogen-bond acceptors (Lipinski definition) is 5. The van der Waals surface area contributed by atoms with E-state index in [4.69, 9.17) is 5.41 Å². The molecule has 3 aliphatic carbocycles. The second-order valence-corrected chi connectivity index (χ2v) is 8.60. The summed E-state index contributed by atoms with van der Waals surface area (Å²) >= 11 is 0. The molecule has 6 nitrogen and oxygen atoms in total. The Hall–Kier alpha value is -2.47. The normalized spacial score (nSPS) is 41.4. The first kappa shape index (κ1) is 16.0. The molecule has 0 aromatic carbocycles. The van der Waals surface area contributed by atoms with Gasteiger partial charge in [0.15, 0.2) is 5.78 Å². The number of nitrogens with one attached hydrogen (secondary N) is 2. The molecule has 1 saturated heterocycles. The molecular formula is C19H20N4O2. The van der Waals surface area contributed by atoms with Gasteiger partial charge in [-0.3, -0.25) is 15.0 Å². The minimum atomic E-state index is -1.41. The number of amides is 1. The van der Waals surface area contributed by atoms with Crippen molar-refractivity contribution in [2.45, 2.75) is 46.0 Å². The summed E-state index contributed by atoms with van der Waals surface area (Å²) in [7, 11) is 0. The summed E-state index contributed by atoms with van der Waals surface area (Å²) in [5, 5.41) is 31.2. The number of carbonyl (C=O) groups excluding carboxylic acids is 2. The highest BCUT2D eigenvalue weighted by Crippen LogP contribution is 2.66. The van der Waals surface area contributed by atoms with Crippen LogP contribution in [0, 0.1) is 56.2 Å². The molecule has 6 heteroatoms. The number of carbonyl (C=O) groups is 2. The second-order valence-electron chi connectivity index (χ2n) is 8.60. The van der Waals surface area contributed by atoms with Crippen molar-refractivity contribution in [3.05, 3.63) is 11.1 Å². The minimum absolute atomic E-state index is 0.0571. The lowest BCUT2D eigenvalue weighted by molar-refractivity contribution is -0.140. The van der Waals surface area contributed by atoms with Crippen LogP contribution in [-0.2, 0) is 9.59 Å². The lowest BCUT2D eigenvalue weighted by Gasteiger charge is -2.60. The number of piperidine rings is 1. The number of hydrogen-bond donors (Lipinski definition) is 2. The standard InChI is InChI=1S/C19H20N4O2/c1-17(2)6-11-14(12(24)7-17)10-4-3-5-13-18(11,8-20)15(22)23-16(25)19(10,13)9-21/h10,13H,3-7H2,1-2H3,(H2,22,23,25)/t10-,13+,18-,19+/m0/s1. The van der Waals surface area contributed by atoms with Crippen LogP contribution in [0.2, 0.25) is 0 Å². The molecule has 0 unspecified atom stereocenters. The van der Waals surface area contributed by atoms with E-state index in [1.165, 1.54) is 0 Å². The largest absolute Gasteiger partial charge is 0.312 e. The molecule has 128 valence electrons.